The minimum absolute atomic E-state index is 0.00305. The molecule has 0 aliphatic carbocycles. The van der Waals surface area contributed by atoms with Gasteiger partial charge in [0.05, 0.1) is 23.7 Å². The fraction of sp³-hybridized carbons (Fsp3) is 0.387. The van der Waals surface area contributed by atoms with Crippen molar-refractivity contribution >= 4 is 40.6 Å². The van der Waals surface area contributed by atoms with Crippen molar-refractivity contribution in [2.45, 2.75) is 51.6 Å². The number of fused-ring (bicyclic) bond motifs is 2. The smallest absolute Gasteiger partial charge is 0.258 e. The van der Waals surface area contributed by atoms with E-state index < -0.39 is 5.91 Å². The molecule has 2 aliphatic heterocycles. The molecule has 43 heavy (non-hydrogen) atoms. The number of nitrogen functional groups attached to an aromatic ring is 1. The van der Waals surface area contributed by atoms with Crippen LogP contribution in [-0.4, -0.2) is 79.3 Å². The second-order valence-electron chi connectivity index (χ2n) is 11.3. The maximum Gasteiger partial charge on any atom is 0.258 e. The topological polar surface area (TPSA) is 131 Å². The average molecular weight is 603 g/mol. The number of rotatable bonds is 7. The molecule has 2 fully saturated rings. The zero-order valence-corrected chi connectivity index (χ0v) is 25.2. The lowest BCUT2D eigenvalue weighted by Crippen LogP contribution is -2.60. The summed E-state index contributed by atoms with van der Waals surface area (Å²) >= 11 is 6.72. The monoisotopic (exact) mass is 602 g/mol. The highest BCUT2D eigenvalue weighted by atomic mass is 35.5. The van der Waals surface area contributed by atoms with Crippen LogP contribution in [0.2, 0.25) is 5.02 Å². The second-order valence-corrected chi connectivity index (χ2v) is 11.7. The van der Waals surface area contributed by atoms with Gasteiger partial charge in [0.2, 0.25) is 5.91 Å². The molecule has 0 bridgehead atoms. The molecule has 2 atom stereocenters. The minimum atomic E-state index is -0.410. The third-order valence-electron chi connectivity index (χ3n) is 8.29. The van der Waals surface area contributed by atoms with Crippen LogP contribution >= 0.6 is 11.6 Å². The molecule has 6 rings (SSSR count). The van der Waals surface area contributed by atoms with E-state index in [1.54, 1.807) is 42.7 Å². The van der Waals surface area contributed by atoms with E-state index in [1.165, 1.54) is 0 Å². The molecule has 11 nitrogen and oxygen atoms in total. The molecule has 4 aromatic rings. The maximum absolute atomic E-state index is 13.2. The number of pyridine rings is 1. The Balaban J connectivity index is 1.38. The molecule has 0 saturated carbocycles. The highest BCUT2D eigenvalue weighted by Crippen LogP contribution is 2.41. The number of amides is 2. The number of ether oxygens (including phenoxy) is 1. The summed E-state index contributed by atoms with van der Waals surface area (Å²) in [7, 11) is 0. The highest BCUT2D eigenvalue weighted by molar-refractivity contribution is 6.35. The number of nitrogens with one attached hydrogen (secondary N) is 1. The Morgan fingerprint density at radius 3 is 2.77 bits per heavy atom. The number of carbonyl (C=O) groups excluding carboxylic acids is 2. The number of nitrogens with two attached hydrogens (primary N) is 1. The van der Waals surface area contributed by atoms with Gasteiger partial charge in [0.1, 0.15) is 34.4 Å². The number of halogens is 1. The van der Waals surface area contributed by atoms with Gasteiger partial charge in [0, 0.05) is 55.2 Å². The van der Waals surface area contributed by atoms with Gasteiger partial charge < -0.3 is 20.7 Å². The summed E-state index contributed by atoms with van der Waals surface area (Å²) in [5, 5.41) is 3.00. The van der Waals surface area contributed by atoms with E-state index in [1.807, 2.05) is 22.4 Å². The van der Waals surface area contributed by atoms with Gasteiger partial charge in [-0.1, -0.05) is 17.7 Å². The Kier molecular flexibility index (Phi) is 7.93. The number of carbonyl (C=O) groups is 2. The standard InChI is InChI=1S/C31H35ClN8O3/c1-4-43-24-14-21(31(42)36-25-7-5-6-10-34-25)23(32)13-22(24)27-28-29(33)35-11-12-39(28)30(37-27)19-8-9-20-16-38(18(2)3)17-26(41)40(20)15-19/h5-7,10-14,18-20H,4,8-9,15-17H2,1-3H3,(H2,33,35)(H,34,36,42)/t19-,20+/m1/s1. The lowest BCUT2D eigenvalue weighted by Gasteiger charge is -2.46. The minimum Gasteiger partial charge on any atom is -0.493 e. The quantitative estimate of drug-likeness (QED) is 0.317. The first-order valence-corrected chi connectivity index (χ1v) is 15.0. The van der Waals surface area contributed by atoms with Gasteiger partial charge in [-0.15, -0.1) is 0 Å². The lowest BCUT2D eigenvalue weighted by molar-refractivity contribution is -0.143. The van der Waals surface area contributed by atoms with Crippen molar-refractivity contribution in [2.24, 2.45) is 0 Å². The third kappa shape index (κ3) is 5.50. The van der Waals surface area contributed by atoms with Crippen LogP contribution in [0.1, 0.15) is 55.7 Å². The van der Waals surface area contributed by atoms with E-state index in [9.17, 15) is 9.59 Å². The Labute approximate surface area is 255 Å². The first kappa shape index (κ1) is 28.9. The normalized spacial score (nSPS) is 19.1. The molecular weight excluding hydrogens is 568 g/mol. The SMILES string of the molecule is CCOc1cc(C(=O)Nc2ccccn2)c(Cl)cc1-c1nc([C@@H]2CC[C@H]3CN(C(C)C)CC(=O)N3C2)n2ccnc(N)c12. The Morgan fingerprint density at radius 2 is 2.02 bits per heavy atom. The first-order chi connectivity index (χ1) is 20.7. The van der Waals surface area contributed by atoms with Crippen LogP contribution in [0.4, 0.5) is 11.6 Å². The number of aromatic nitrogens is 4. The Morgan fingerprint density at radius 1 is 1.19 bits per heavy atom. The molecule has 2 aliphatic rings. The fourth-order valence-corrected chi connectivity index (χ4v) is 6.35. The number of nitrogens with zero attached hydrogens (tertiary/aromatic N) is 6. The number of imidazole rings is 1. The van der Waals surface area contributed by atoms with Crippen LogP contribution < -0.4 is 15.8 Å². The molecule has 2 amide bonds. The highest BCUT2D eigenvalue weighted by Gasteiger charge is 2.39. The number of hydrogen-bond donors (Lipinski definition) is 2. The van der Waals surface area contributed by atoms with Gasteiger partial charge >= 0.3 is 0 Å². The van der Waals surface area contributed by atoms with Gasteiger partial charge in [-0.2, -0.15) is 0 Å². The van der Waals surface area contributed by atoms with E-state index in [-0.39, 0.29) is 28.5 Å². The molecule has 224 valence electrons. The predicted molar refractivity (Wildman–Crippen MR) is 165 cm³/mol. The van der Waals surface area contributed by atoms with Gasteiger partial charge in [-0.25, -0.2) is 15.0 Å². The summed E-state index contributed by atoms with van der Waals surface area (Å²) in [4.78, 5) is 44.2. The van der Waals surface area contributed by atoms with Crippen molar-refractivity contribution in [3.63, 3.8) is 0 Å². The van der Waals surface area contributed by atoms with Crippen molar-refractivity contribution in [1.82, 2.24) is 29.2 Å². The summed E-state index contributed by atoms with van der Waals surface area (Å²) in [6.07, 6.45) is 6.86. The molecular formula is C31H35ClN8O3. The predicted octanol–water partition coefficient (Wildman–Crippen LogP) is 4.48. The summed E-state index contributed by atoms with van der Waals surface area (Å²) in [5.41, 5.74) is 8.47. The van der Waals surface area contributed by atoms with Crippen molar-refractivity contribution in [1.29, 1.82) is 0 Å². The lowest BCUT2D eigenvalue weighted by atomic mass is 9.90. The van der Waals surface area contributed by atoms with Crippen molar-refractivity contribution < 1.29 is 14.3 Å². The maximum atomic E-state index is 13.2. The van der Waals surface area contributed by atoms with Gasteiger partial charge in [-0.3, -0.25) is 18.9 Å². The average Bonchev–Trinajstić information content (AvgIpc) is 3.39. The Bertz CT molecular complexity index is 1670. The van der Waals surface area contributed by atoms with Crippen molar-refractivity contribution in [3.8, 4) is 17.0 Å². The summed E-state index contributed by atoms with van der Waals surface area (Å²) in [5.74, 6) is 1.70. The van der Waals surface area contributed by atoms with Crippen molar-refractivity contribution in [2.75, 3.05) is 37.3 Å². The molecule has 0 spiro atoms. The van der Waals surface area contributed by atoms with Gasteiger partial charge in [0.15, 0.2) is 0 Å². The van der Waals surface area contributed by atoms with Crippen LogP contribution in [0.15, 0.2) is 48.9 Å². The molecule has 0 radical (unpaired) electrons. The number of anilines is 2. The van der Waals surface area contributed by atoms with E-state index in [0.29, 0.717) is 59.9 Å². The van der Waals surface area contributed by atoms with Crippen LogP contribution in [-0.2, 0) is 4.79 Å². The fourth-order valence-electron chi connectivity index (χ4n) is 6.10. The van der Waals surface area contributed by atoms with E-state index >= 15 is 0 Å². The molecule has 1 aromatic carbocycles. The number of hydrogen-bond acceptors (Lipinski definition) is 8. The van der Waals surface area contributed by atoms with E-state index in [2.05, 4.69) is 34.0 Å². The van der Waals surface area contributed by atoms with Gasteiger partial charge in [-0.05, 0) is 57.9 Å². The number of piperazine rings is 1. The van der Waals surface area contributed by atoms with Crippen LogP contribution in [0, 0.1) is 0 Å². The van der Waals surface area contributed by atoms with E-state index in [4.69, 9.17) is 27.1 Å². The number of piperidine rings is 1. The summed E-state index contributed by atoms with van der Waals surface area (Å²) in [6.45, 7) is 8.39. The summed E-state index contributed by atoms with van der Waals surface area (Å²) < 4.78 is 7.98. The zero-order chi connectivity index (χ0) is 30.2. The molecule has 3 aromatic heterocycles. The first-order valence-electron chi connectivity index (χ1n) is 14.6. The van der Waals surface area contributed by atoms with E-state index in [0.717, 1.165) is 25.2 Å². The molecule has 2 saturated heterocycles. The largest absolute Gasteiger partial charge is 0.493 e. The zero-order valence-electron chi connectivity index (χ0n) is 24.5. The molecule has 3 N–H and O–H groups in total. The summed E-state index contributed by atoms with van der Waals surface area (Å²) in [6, 6.07) is 9.09. The van der Waals surface area contributed by atoms with Crippen LogP contribution in [0.3, 0.4) is 0 Å². The Hall–Kier alpha value is -4.22. The van der Waals surface area contributed by atoms with Crippen LogP contribution in [0.5, 0.6) is 5.75 Å². The molecule has 5 heterocycles. The van der Waals surface area contributed by atoms with Gasteiger partial charge in [0.25, 0.3) is 5.91 Å². The molecule has 12 heteroatoms. The number of benzene rings is 1. The van der Waals surface area contributed by atoms with Crippen LogP contribution in [0.25, 0.3) is 16.8 Å². The molecule has 0 unspecified atom stereocenters. The second kappa shape index (κ2) is 11.8. The van der Waals surface area contributed by atoms with Crippen molar-refractivity contribution in [3.05, 3.63) is 65.3 Å². The third-order valence-corrected chi connectivity index (χ3v) is 8.60.